The summed E-state index contributed by atoms with van der Waals surface area (Å²) in [6.45, 7) is 3.26. The summed E-state index contributed by atoms with van der Waals surface area (Å²) < 4.78 is 33.1. The van der Waals surface area contributed by atoms with Crippen LogP contribution in [-0.2, 0) is 13.8 Å². The van der Waals surface area contributed by atoms with Crippen LogP contribution in [0.1, 0.15) is 19.8 Å². The monoisotopic (exact) mass is 320 g/mol. The number of benzene rings is 1. The molecule has 0 radical (unpaired) electrons. The van der Waals surface area contributed by atoms with Gasteiger partial charge in [-0.2, -0.15) is 0 Å². The van der Waals surface area contributed by atoms with E-state index in [0.717, 1.165) is 18.6 Å². The highest BCUT2D eigenvalue weighted by molar-refractivity contribution is 8.13. The number of ether oxygens (including phenoxy) is 2. The number of halogens is 1. The molecule has 20 heavy (non-hydrogen) atoms. The average molecular weight is 321 g/mol. The van der Waals surface area contributed by atoms with E-state index in [2.05, 4.69) is 0 Å². The van der Waals surface area contributed by atoms with E-state index in [1.165, 1.54) is 0 Å². The highest BCUT2D eigenvalue weighted by atomic mass is 35.7. The van der Waals surface area contributed by atoms with Gasteiger partial charge in [0, 0.05) is 10.7 Å². The minimum atomic E-state index is -3.47. The molecule has 6 heteroatoms. The Morgan fingerprint density at radius 1 is 1.20 bits per heavy atom. The van der Waals surface area contributed by atoms with Crippen LogP contribution in [0.15, 0.2) is 30.3 Å². The van der Waals surface area contributed by atoms with E-state index in [4.69, 9.17) is 20.2 Å². The van der Waals surface area contributed by atoms with Crippen molar-refractivity contribution in [1.29, 1.82) is 0 Å². The van der Waals surface area contributed by atoms with E-state index < -0.39 is 9.05 Å². The van der Waals surface area contributed by atoms with Crippen LogP contribution < -0.4 is 4.74 Å². The van der Waals surface area contributed by atoms with Crippen molar-refractivity contribution in [1.82, 2.24) is 0 Å². The lowest BCUT2D eigenvalue weighted by Crippen LogP contribution is -2.19. The van der Waals surface area contributed by atoms with E-state index in [9.17, 15) is 8.42 Å². The fourth-order valence-electron chi connectivity index (χ4n) is 1.89. The first-order valence-electron chi connectivity index (χ1n) is 6.69. The van der Waals surface area contributed by atoms with Crippen LogP contribution in [-0.4, -0.2) is 34.0 Å². The third-order valence-electron chi connectivity index (χ3n) is 2.72. The van der Waals surface area contributed by atoms with Crippen LogP contribution in [0, 0.1) is 5.92 Å². The Bertz CT molecular complexity index is 461. The lowest BCUT2D eigenvalue weighted by Gasteiger charge is -2.14. The molecular weight excluding hydrogens is 300 g/mol. The molecule has 1 aromatic rings. The van der Waals surface area contributed by atoms with Crippen molar-refractivity contribution in [2.75, 3.05) is 25.6 Å². The van der Waals surface area contributed by atoms with Crippen LogP contribution in [0.25, 0.3) is 0 Å². The van der Waals surface area contributed by atoms with Gasteiger partial charge in [-0.25, -0.2) is 8.42 Å². The van der Waals surface area contributed by atoms with Crippen LogP contribution in [0.2, 0.25) is 0 Å². The van der Waals surface area contributed by atoms with Crippen LogP contribution in [0.4, 0.5) is 0 Å². The molecule has 0 spiro atoms. The van der Waals surface area contributed by atoms with E-state index in [1.807, 2.05) is 37.3 Å². The van der Waals surface area contributed by atoms with E-state index in [0.29, 0.717) is 19.8 Å². The lowest BCUT2D eigenvalue weighted by molar-refractivity contribution is 0.0766. The van der Waals surface area contributed by atoms with Crippen molar-refractivity contribution in [3.05, 3.63) is 30.3 Å². The number of rotatable bonds is 10. The largest absolute Gasteiger partial charge is 0.491 e. The van der Waals surface area contributed by atoms with Crippen molar-refractivity contribution in [2.24, 2.45) is 5.92 Å². The molecule has 1 atom stereocenters. The maximum atomic E-state index is 11.1. The Morgan fingerprint density at radius 2 is 1.90 bits per heavy atom. The second-order valence-electron chi connectivity index (χ2n) is 4.60. The van der Waals surface area contributed by atoms with Gasteiger partial charge in [0.05, 0.1) is 19.0 Å². The summed E-state index contributed by atoms with van der Waals surface area (Å²) in [4.78, 5) is 0. The summed E-state index contributed by atoms with van der Waals surface area (Å²) in [6.07, 6.45) is 1.69. The van der Waals surface area contributed by atoms with Crippen molar-refractivity contribution in [3.63, 3.8) is 0 Å². The van der Waals surface area contributed by atoms with Gasteiger partial charge < -0.3 is 9.47 Å². The molecule has 0 aromatic heterocycles. The third-order valence-corrected chi connectivity index (χ3v) is 3.97. The minimum Gasteiger partial charge on any atom is -0.491 e. The SMILES string of the molecule is CCCC(COCCOc1ccccc1)CS(=O)(=O)Cl. The summed E-state index contributed by atoms with van der Waals surface area (Å²) in [5.41, 5.74) is 0. The topological polar surface area (TPSA) is 52.6 Å². The van der Waals surface area contributed by atoms with Gasteiger partial charge in [-0.1, -0.05) is 31.5 Å². The quantitative estimate of drug-likeness (QED) is 0.491. The molecule has 0 aliphatic rings. The van der Waals surface area contributed by atoms with Crippen molar-refractivity contribution >= 4 is 19.7 Å². The number of hydrogen-bond donors (Lipinski definition) is 0. The molecule has 0 saturated carbocycles. The summed E-state index contributed by atoms with van der Waals surface area (Å²) in [5, 5.41) is 0. The smallest absolute Gasteiger partial charge is 0.232 e. The second kappa shape index (κ2) is 9.21. The highest BCUT2D eigenvalue weighted by Gasteiger charge is 2.16. The Kier molecular flexibility index (Phi) is 7.95. The molecule has 4 nitrogen and oxygen atoms in total. The zero-order valence-electron chi connectivity index (χ0n) is 11.6. The van der Waals surface area contributed by atoms with E-state index in [-0.39, 0.29) is 11.7 Å². The molecule has 0 aliphatic heterocycles. The zero-order chi connectivity index (χ0) is 14.8. The first-order valence-corrected chi connectivity index (χ1v) is 9.17. The van der Waals surface area contributed by atoms with E-state index in [1.54, 1.807) is 0 Å². The van der Waals surface area contributed by atoms with Crippen molar-refractivity contribution in [2.45, 2.75) is 19.8 Å². The van der Waals surface area contributed by atoms with Crippen LogP contribution in [0.3, 0.4) is 0 Å². The second-order valence-corrected chi connectivity index (χ2v) is 7.42. The molecule has 0 saturated heterocycles. The maximum absolute atomic E-state index is 11.1. The predicted octanol–water partition coefficient (Wildman–Crippen LogP) is 3.07. The molecule has 1 aromatic carbocycles. The third kappa shape index (κ3) is 8.40. The Morgan fingerprint density at radius 3 is 2.50 bits per heavy atom. The number of para-hydroxylation sites is 1. The average Bonchev–Trinajstić information content (AvgIpc) is 2.38. The molecule has 1 unspecified atom stereocenters. The van der Waals surface area contributed by atoms with Gasteiger partial charge in [-0.3, -0.25) is 0 Å². The molecule has 0 heterocycles. The van der Waals surface area contributed by atoms with Crippen LogP contribution in [0.5, 0.6) is 5.75 Å². The Labute approximate surface area is 125 Å². The first kappa shape index (κ1) is 17.3. The lowest BCUT2D eigenvalue weighted by atomic mass is 10.1. The highest BCUT2D eigenvalue weighted by Crippen LogP contribution is 2.13. The molecule has 0 bridgehead atoms. The van der Waals surface area contributed by atoms with Gasteiger partial charge in [0.2, 0.25) is 9.05 Å². The number of hydrogen-bond acceptors (Lipinski definition) is 4. The van der Waals surface area contributed by atoms with E-state index >= 15 is 0 Å². The summed E-state index contributed by atoms with van der Waals surface area (Å²) in [7, 11) is 1.81. The van der Waals surface area contributed by atoms with Gasteiger partial charge in [0.15, 0.2) is 0 Å². The van der Waals surface area contributed by atoms with Crippen molar-refractivity contribution in [3.8, 4) is 5.75 Å². The minimum absolute atomic E-state index is 0.0397. The fourth-order valence-corrected chi connectivity index (χ4v) is 3.25. The van der Waals surface area contributed by atoms with Crippen LogP contribution >= 0.6 is 10.7 Å². The Hall–Kier alpha value is -0.780. The molecular formula is C14H21ClO4S. The molecule has 114 valence electrons. The molecule has 0 N–H and O–H groups in total. The molecule has 0 aliphatic carbocycles. The Balaban J connectivity index is 2.20. The summed E-state index contributed by atoms with van der Waals surface area (Å²) >= 11 is 0. The molecule has 1 rings (SSSR count). The molecule has 0 fully saturated rings. The summed E-state index contributed by atoms with van der Waals surface area (Å²) in [6, 6.07) is 9.48. The fraction of sp³-hybridized carbons (Fsp3) is 0.571. The maximum Gasteiger partial charge on any atom is 0.232 e. The normalized spacial score (nSPS) is 13.1. The van der Waals surface area contributed by atoms with Gasteiger partial charge in [-0.15, -0.1) is 0 Å². The standard InChI is InChI=1S/C14H21ClO4S/c1-2-6-13(12-20(15,16)17)11-18-9-10-19-14-7-4-3-5-8-14/h3-5,7-8,13H,2,6,9-12H2,1H3. The predicted molar refractivity (Wildman–Crippen MR) is 80.8 cm³/mol. The van der Waals surface area contributed by atoms with Gasteiger partial charge in [0.25, 0.3) is 0 Å². The van der Waals surface area contributed by atoms with Crippen molar-refractivity contribution < 1.29 is 17.9 Å². The van der Waals surface area contributed by atoms with Gasteiger partial charge >= 0.3 is 0 Å². The summed E-state index contributed by atoms with van der Waals surface area (Å²) in [5.74, 6) is 0.700. The first-order chi connectivity index (χ1) is 9.51. The van der Waals surface area contributed by atoms with Gasteiger partial charge in [-0.05, 0) is 24.5 Å². The zero-order valence-corrected chi connectivity index (χ0v) is 13.2. The van der Waals surface area contributed by atoms with Gasteiger partial charge in [0.1, 0.15) is 12.4 Å². The molecule has 0 amide bonds.